The SMILES string of the molecule is NC(C1=COCCC1)c1cc2sccc2s1. The minimum Gasteiger partial charge on any atom is -0.501 e. The first-order valence-corrected chi connectivity index (χ1v) is 7.07. The Hall–Kier alpha value is -0.840. The Labute approximate surface area is 102 Å². The number of ether oxygens (including phenoxy) is 1. The predicted molar refractivity (Wildman–Crippen MR) is 69.9 cm³/mol. The molecule has 2 aromatic heterocycles. The Morgan fingerprint density at radius 1 is 1.38 bits per heavy atom. The molecule has 1 atom stereocenters. The van der Waals surface area contributed by atoms with Gasteiger partial charge >= 0.3 is 0 Å². The van der Waals surface area contributed by atoms with E-state index in [0.717, 1.165) is 19.4 Å². The molecule has 4 heteroatoms. The van der Waals surface area contributed by atoms with E-state index in [0.29, 0.717) is 0 Å². The Balaban J connectivity index is 1.91. The average molecular weight is 251 g/mol. The second kappa shape index (κ2) is 4.20. The highest BCUT2D eigenvalue weighted by molar-refractivity contribution is 7.26. The molecule has 0 saturated carbocycles. The molecule has 0 radical (unpaired) electrons. The molecule has 0 spiro atoms. The van der Waals surface area contributed by atoms with Crippen molar-refractivity contribution < 1.29 is 4.74 Å². The summed E-state index contributed by atoms with van der Waals surface area (Å²) in [6.45, 7) is 0.829. The summed E-state index contributed by atoms with van der Waals surface area (Å²) < 4.78 is 8.03. The highest BCUT2D eigenvalue weighted by Gasteiger charge is 2.17. The van der Waals surface area contributed by atoms with Crippen molar-refractivity contribution in [3.05, 3.63) is 34.2 Å². The van der Waals surface area contributed by atoms with Crippen molar-refractivity contribution in [2.24, 2.45) is 5.73 Å². The Bertz CT molecular complexity index is 497. The number of rotatable bonds is 2. The Morgan fingerprint density at radius 2 is 2.31 bits per heavy atom. The van der Waals surface area contributed by atoms with Crippen molar-refractivity contribution in [1.82, 2.24) is 0 Å². The monoisotopic (exact) mass is 251 g/mol. The van der Waals surface area contributed by atoms with E-state index in [1.807, 2.05) is 6.26 Å². The van der Waals surface area contributed by atoms with Gasteiger partial charge in [0.15, 0.2) is 0 Å². The maximum Gasteiger partial charge on any atom is 0.0876 e. The molecule has 2 aromatic rings. The second-order valence-electron chi connectivity index (χ2n) is 3.94. The molecule has 0 amide bonds. The minimum atomic E-state index is 0.0184. The number of hydrogen-bond acceptors (Lipinski definition) is 4. The van der Waals surface area contributed by atoms with Crippen LogP contribution >= 0.6 is 22.7 Å². The van der Waals surface area contributed by atoms with Crippen LogP contribution < -0.4 is 5.73 Å². The van der Waals surface area contributed by atoms with Gasteiger partial charge < -0.3 is 10.5 Å². The molecule has 0 bridgehead atoms. The molecule has 3 heterocycles. The van der Waals surface area contributed by atoms with Crippen molar-refractivity contribution in [2.75, 3.05) is 6.61 Å². The predicted octanol–water partition coefficient (Wildman–Crippen LogP) is 3.66. The summed E-state index contributed by atoms with van der Waals surface area (Å²) in [5, 5.41) is 2.12. The van der Waals surface area contributed by atoms with Crippen LogP contribution in [-0.2, 0) is 4.74 Å². The standard InChI is InChI=1S/C12H13NOS2/c13-12(8-2-1-4-14-7-8)11-6-10-9(16-11)3-5-15-10/h3,5-7,12H,1-2,4,13H2. The van der Waals surface area contributed by atoms with E-state index in [-0.39, 0.29) is 6.04 Å². The highest BCUT2D eigenvalue weighted by Crippen LogP contribution is 2.36. The van der Waals surface area contributed by atoms with Gasteiger partial charge in [-0.1, -0.05) is 0 Å². The van der Waals surface area contributed by atoms with Crippen LogP contribution in [0.2, 0.25) is 0 Å². The molecule has 1 aliphatic heterocycles. The Kier molecular flexibility index (Phi) is 2.71. The largest absolute Gasteiger partial charge is 0.501 e. The van der Waals surface area contributed by atoms with E-state index in [1.165, 1.54) is 19.9 Å². The number of fused-ring (bicyclic) bond motifs is 1. The lowest BCUT2D eigenvalue weighted by molar-refractivity contribution is 0.221. The summed E-state index contributed by atoms with van der Waals surface area (Å²) in [7, 11) is 0. The van der Waals surface area contributed by atoms with Gasteiger partial charge in [0.1, 0.15) is 0 Å². The van der Waals surface area contributed by atoms with Gasteiger partial charge in [0, 0.05) is 14.3 Å². The van der Waals surface area contributed by atoms with Crippen LogP contribution in [0.25, 0.3) is 9.40 Å². The first-order chi connectivity index (χ1) is 7.84. The van der Waals surface area contributed by atoms with E-state index in [4.69, 9.17) is 10.5 Å². The molecular formula is C12H13NOS2. The van der Waals surface area contributed by atoms with E-state index in [9.17, 15) is 0 Å². The quantitative estimate of drug-likeness (QED) is 0.884. The number of thiophene rings is 2. The minimum absolute atomic E-state index is 0.0184. The normalized spacial score (nSPS) is 18.2. The zero-order chi connectivity index (χ0) is 11.0. The van der Waals surface area contributed by atoms with Gasteiger partial charge in [-0.15, -0.1) is 22.7 Å². The zero-order valence-electron chi connectivity index (χ0n) is 8.81. The third-order valence-electron chi connectivity index (χ3n) is 2.83. The second-order valence-corrected chi connectivity index (χ2v) is 6.01. The lowest BCUT2D eigenvalue weighted by Gasteiger charge is -2.18. The lowest BCUT2D eigenvalue weighted by atomic mass is 10.0. The van der Waals surface area contributed by atoms with Crippen LogP contribution in [0.5, 0.6) is 0 Å². The summed E-state index contributed by atoms with van der Waals surface area (Å²) in [4.78, 5) is 1.25. The van der Waals surface area contributed by atoms with Crippen molar-refractivity contribution in [3.8, 4) is 0 Å². The van der Waals surface area contributed by atoms with E-state index in [1.54, 1.807) is 22.7 Å². The fourth-order valence-corrected chi connectivity index (χ4v) is 4.10. The van der Waals surface area contributed by atoms with Crippen molar-refractivity contribution >= 4 is 32.1 Å². The topological polar surface area (TPSA) is 35.2 Å². The fraction of sp³-hybridized carbons (Fsp3) is 0.333. The molecule has 1 unspecified atom stereocenters. The van der Waals surface area contributed by atoms with Gasteiger partial charge in [-0.2, -0.15) is 0 Å². The molecule has 16 heavy (non-hydrogen) atoms. The van der Waals surface area contributed by atoms with Crippen molar-refractivity contribution in [3.63, 3.8) is 0 Å². The summed E-state index contributed by atoms with van der Waals surface area (Å²) in [6.07, 6.45) is 3.99. The van der Waals surface area contributed by atoms with Gasteiger partial charge in [0.2, 0.25) is 0 Å². The number of nitrogens with two attached hydrogens (primary N) is 1. The molecule has 0 aliphatic carbocycles. The van der Waals surface area contributed by atoms with Crippen molar-refractivity contribution in [1.29, 1.82) is 0 Å². The van der Waals surface area contributed by atoms with Gasteiger partial charge in [-0.25, -0.2) is 0 Å². The van der Waals surface area contributed by atoms with Gasteiger partial charge in [-0.05, 0) is 35.9 Å². The van der Waals surface area contributed by atoms with Crippen LogP contribution in [0.3, 0.4) is 0 Å². The maximum absolute atomic E-state index is 6.26. The summed E-state index contributed by atoms with van der Waals surface area (Å²) in [6, 6.07) is 4.39. The van der Waals surface area contributed by atoms with Crippen LogP contribution in [-0.4, -0.2) is 6.61 Å². The van der Waals surface area contributed by atoms with E-state index >= 15 is 0 Å². The van der Waals surface area contributed by atoms with E-state index in [2.05, 4.69) is 17.5 Å². The molecule has 0 aromatic carbocycles. The fourth-order valence-electron chi connectivity index (χ4n) is 1.93. The summed E-state index contributed by atoms with van der Waals surface area (Å²) in [5.41, 5.74) is 7.48. The third kappa shape index (κ3) is 1.77. The molecule has 2 nitrogen and oxygen atoms in total. The highest BCUT2D eigenvalue weighted by atomic mass is 32.1. The van der Waals surface area contributed by atoms with Crippen LogP contribution in [0.1, 0.15) is 23.8 Å². The summed E-state index contributed by atoms with van der Waals surface area (Å²) >= 11 is 3.57. The molecule has 84 valence electrons. The molecule has 3 rings (SSSR count). The summed E-state index contributed by atoms with van der Waals surface area (Å²) in [5.74, 6) is 0. The molecule has 2 N–H and O–H groups in total. The lowest BCUT2D eigenvalue weighted by Crippen LogP contribution is -2.15. The van der Waals surface area contributed by atoms with Crippen molar-refractivity contribution in [2.45, 2.75) is 18.9 Å². The van der Waals surface area contributed by atoms with Gasteiger partial charge in [0.25, 0.3) is 0 Å². The maximum atomic E-state index is 6.26. The third-order valence-corrected chi connectivity index (χ3v) is 5.00. The van der Waals surface area contributed by atoms with Crippen LogP contribution in [0, 0.1) is 0 Å². The zero-order valence-corrected chi connectivity index (χ0v) is 10.4. The average Bonchev–Trinajstić information content (AvgIpc) is 2.89. The van der Waals surface area contributed by atoms with E-state index < -0.39 is 0 Å². The molecule has 0 saturated heterocycles. The first-order valence-electron chi connectivity index (χ1n) is 5.37. The van der Waals surface area contributed by atoms with Crippen LogP contribution in [0.4, 0.5) is 0 Å². The molecule has 1 aliphatic rings. The van der Waals surface area contributed by atoms with Crippen LogP contribution in [0.15, 0.2) is 29.3 Å². The number of hydrogen-bond donors (Lipinski definition) is 1. The van der Waals surface area contributed by atoms with Gasteiger partial charge in [0.05, 0.1) is 18.9 Å². The van der Waals surface area contributed by atoms with Gasteiger partial charge in [-0.3, -0.25) is 0 Å². The Morgan fingerprint density at radius 3 is 3.06 bits per heavy atom. The molecular weight excluding hydrogens is 238 g/mol. The first kappa shape index (κ1) is 10.3. The molecule has 0 fully saturated rings. The smallest absolute Gasteiger partial charge is 0.0876 e.